The highest BCUT2D eigenvalue weighted by molar-refractivity contribution is 8.03. The summed E-state index contributed by atoms with van der Waals surface area (Å²) in [5.74, 6) is 0.571. The zero-order valence-corrected chi connectivity index (χ0v) is 25.6. The lowest BCUT2D eigenvalue weighted by Crippen LogP contribution is -2.00. The summed E-state index contributed by atoms with van der Waals surface area (Å²) >= 11 is 13.6. The summed E-state index contributed by atoms with van der Waals surface area (Å²) in [7, 11) is 0. The number of hydrogen-bond donors (Lipinski definition) is 1. The first-order valence-corrected chi connectivity index (χ1v) is 14.5. The van der Waals surface area contributed by atoms with E-state index in [0.717, 1.165) is 24.2 Å². The van der Waals surface area contributed by atoms with E-state index in [4.69, 9.17) is 33.0 Å². The molecule has 2 aromatic carbocycles. The van der Waals surface area contributed by atoms with Gasteiger partial charge in [-0.1, -0.05) is 118 Å². The number of rotatable bonds is 11. The van der Waals surface area contributed by atoms with Crippen LogP contribution in [0.15, 0.2) is 75.6 Å². The number of halogens is 2. The van der Waals surface area contributed by atoms with E-state index in [1.54, 1.807) is 17.8 Å². The molecule has 0 bridgehead atoms. The maximum absolute atomic E-state index is 8.82. The highest BCUT2D eigenvalue weighted by atomic mass is 35.5. The minimum atomic E-state index is 0.250. The molecule has 0 spiro atoms. The third-order valence-electron chi connectivity index (χ3n) is 5.08. The molecule has 0 unspecified atom stereocenters. The van der Waals surface area contributed by atoms with Gasteiger partial charge in [0.25, 0.3) is 0 Å². The molecule has 0 aliphatic carbocycles. The van der Waals surface area contributed by atoms with Gasteiger partial charge in [0.15, 0.2) is 0 Å². The molecule has 0 amide bonds. The number of allylic oxidation sites excluding steroid dienone is 3. The number of benzene rings is 2. The first kappa shape index (κ1) is 34.8. The Labute approximate surface area is 235 Å². The maximum atomic E-state index is 8.82. The van der Waals surface area contributed by atoms with Crippen LogP contribution in [-0.4, -0.2) is 18.3 Å². The lowest BCUT2D eigenvalue weighted by molar-refractivity contribution is 0.139. The second-order valence-electron chi connectivity index (χ2n) is 8.88. The van der Waals surface area contributed by atoms with Crippen LogP contribution in [0.3, 0.4) is 0 Å². The van der Waals surface area contributed by atoms with Crippen molar-refractivity contribution in [3.63, 3.8) is 0 Å². The van der Waals surface area contributed by atoms with Gasteiger partial charge in [0, 0.05) is 21.5 Å². The molecule has 5 heteroatoms. The van der Waals surface area contributed by atoms with Gasteiger partial charge >= 0.3 is 0 Å². The summed E-state index contributed by atoms with van der Waals surface area (Å²) in [4.78, 5) is 2.41. The topological polar surface area (TPSA) is 29.5 Å². The van der Waals surface area contributed by atoms with Gasteiger partial charge < -0.3 is 9.84 Å². The number of aliphatic hydroxyl groups excluding tert-OH is 1. The molecular weight excluding hydrogens is 507 g/mol. The second-order valence-corrected chi connectivity index (χ2v) is 11.0. The molecular formula is C31H46Cl2O2S. The van der Waals surface area contributed by atoms with Crippen molar-refractivity contribution in [3.05, 3.63) is 86.3 Å². The molecule has 0 saturated heterocycles. The highest BCUT2D eigenvalue weighted by Crippen LogP contribution is 2.34. The molecule has 0 aromatic heterocycles. The summed E-state index contributed by atoms with van der Waals surface area (Å²) in [6, 6.07) is 15.8. The Morgan fingerprint density at radius 1 is 1.00 bits per heavy atom. The van der Waals surface area contributed by atoms with Gasteiger partial charge in [0.1, 0.15) is 0 Å². The van der Waals surface area contributed by atoms with E-state index in [1.807, 2.05) is 30.3 Å². The monoisotopic (exact) mass is 552 g/mol. The third kappa shape index (κ3) is 17.3. The molecule has 36 heavy (non-hydrogen) atoms. The molecule has 2 aromatic rings. The van der Waals surface area contributed by atoms with Crippen LogP contribution in [-0.2, 0) is 11.3 Å². The number of ether oxygens (including phenoxy) is 1. The molecule has 1 N–H and O–H groups in total. The zero-order valence-electron chi connectivity index (χ0n) is 23.2. The molecule has 0 fully saturated rings. The fraction of sp³-hybridized carbons (Fsp3) is 0.484. The lowest BCUT2D eigenvalue weighted by Gasteiger charge is -2.11. The van der Waals surface area contributed by atoms with Gasteiger partial charge in [-0.15, -0.1) is 0 Å². The van der Waals surface area contributed by atoms with Gasteiger partial charge in [0.2, 0.25) is 0 Å². The number of thioether (sulfide) groups is 1. The molecule has 2 nitrogen and oxygen atoms in total. The van der Waals surface area contributed by atoms with E-state index in [1.165, 1.54) is 28.0 Å². The van der Waals surface area contributed by atoms with Crippen LogP contribution in [0, 0.1) is 5.92 Å². The Balaban J connectivity index is 0.000000614. The van der Waals surface area contributed by atoms with Gasteiger partial charge in [0.05, 0.1) is 13.2 Å². The van der Waals surface area contributed by atoms with Crippen molar-refractivity contribution >= 4 is 35.0 Å². The van der Waals surface area contributed by atoms with Crippen LogP contribution in [0.25, 0.3) is 0 Å². The third-order valence-corrected chi connectivity index (χ3v) is 6.61. The predicted molar refractivity (Wildman–Crippen MR) is 162 cm³/mol. The Bertz CT molecular complexity index is 872. The van der Waals surface area contributed by atoms with Crippen LogP contribution < -0.4 is 0 Å². The van der Waals surface area contributed by atoms with Crippen LogP contribution in [0.4, 0.5) is 0 Å². The van der Waals surface area contributed by atoms with Crippen LogP contribution in [0.1, 0.15) is 79.7 Å². The molecule has 0 saturated carbocycles. The Morgan fingerprint density at radius 2 is 1.58 bits per heavy atom. The second kappa shape index (κ2) is 21.8. The quantitative estimate of drug-likeness (QED) is 0.222. The summed E-state index contributed by atoms with van der Waals surface area (Å²) in [5, 5.41) is 10.2. The minimum absolute atomic E-state index is 0.250. The molecule has 0 radical (unpaired) electrons. The standard InChI is InChI=1S/C15H22O2.C13H16Cl2S.C3H8/c1-2-7-14(10-6-11-16)12-17-13-15-8-4-3-5-9-15;1-8(2)9(3)10(4)16-13-6-11(14)5-12(15)7-13;1-3-2/h3-5,7-9,16H,2,6,10-13H2,1H3;5-8H,1-4H3;3H2,1-2H3/b14-7+;10-9-;. The van der Waals surface area contributed by atoms with Gasteiger partial charge in [-0.3, -0.25) is 0 Å². The molecule has 202 valence electrons. The molecule has 0 heterocycles. The van der Waals surface area contributed by atoms with Crippen molar-refractivity contribution in [1.82, 2.24) is 0 Å². The average Bonchev–Trinajstić information content (AvgIpc) is 2.83. The summed E-state index contributed by atoms with van der Waals surface area (Å²) < 4.78 is 5.68. The van der Waals surface area contributed by atoms with Gasteiger partial charge in [-0.25, -0.2) is 0 Å². The SMILES string of the molecule is C/C(Sc1cc(Cl)cc(Cl)c1)=C(\C)C(C)C.CC/C=C(\CCCO)COCc1ccccc1.CCC. The Hall–Kier alpha value is -1.23. The van der Waals surface area contributed by atoms with Crippen molar-refractivity contribution in [3.8, 4) is 0 Å². The van der Waals surface area contributed by atoms with Crippen LogP contribution in [0.2, 0.25) is 10.0 Å². The van der Waals surface area contributed by atoms with E-state index in [9.17, 15) is 0 Å². The highest BCUT2D eigenvalue weighted by Gasteiger charge is 2.05. The van der Waals surface area contributed by atoms with Crippen molar-refractivity contribution in [2.45, 2.75) is 85.7 Å². The van der Waals surface area contributed by atoms with Crippen molar-refractivity contribution in [2.24, 2.45) is 5.92 Å². The van der Waals surface area contributed by atoms with E-state index in [2.05, 4.69) is 66.7 Å². The van der Waals surface area contributed by atoms with Crippen LogP contribution >= 0.6 is 35.0 Å². The summed E-state index contributed by atoms with van der Waals surface area (Å²) in [6.07, 6.45) is 6.22. The molecule has 0 aliphatic heterocycles. The lowest BCUT2D eigenvalue weighted by atomic mass is 10.1. The Kier molecular flexibility index (Phi) is 21.1. The van der Waals surface area contributed by atoms with Crippen molar-refractivity contribution < 1.29 is 9.84 Å². The van der Waals surface area contributed by atoms with Crippen molar-refractivity contribution in [2.75, 3.05) is 13.2 Å². The molecule has 2 rings (SSSR count). The van der Waals surface area contributed by atoms with E-state index < -0.39 is 0 Å². The largest absolute Gasteiger partial charge is 0.396 e. The predicted octanol–water partition coefficient (Wildman–Crippen LogP) is 10.8. The van der Waals surface area contributed by atoms with Crippen molar-refractivity contribution in [1.29, 1.82) is 0 Å². The maximum Gasteiger partial charge on any atom is 0.0721 e. The molecule has 0 atom stereocenters. The molecule has 0 aliphatic rings. The first-order valence-electron chi connectivity index (χ1n) is 12.9. The summed E-state index contributed by atoms with van der Waals surface area (Å²) in [5.41, 5.74) is 3.89. The van der Waals surface area contributed by atoms with E-state index >= 15 is 0 Å². The normalized spacial score (nSPS) is 11.8. The van der Waals surface area contributed by atoms with Gasteiger partial charge in [-0.05, 0) is 73.3 Å². The number of hydrogen-bond acceptors (Lipinski definition) is 3. The van der Waals surface area contributed by atoms with E-state index in [0.29, 0.717) is 29.2 Å². The van der Waals surface area contributed by atoms with E-state index in [-0.39, 0.29) is 6.61 Å². The Morgan fingerprint density at radius 3 is 2.08 bits per heavy atom. The minimum Gasteiger partial charge on any atom is -0.396 e. The zero-order chi connectivity index (χ0) is 27.3. The fourth-order valence-electron chi connectivity index (χ4n) is 2.95. The number of aliphatic hydroxyl groups is 1. The summed E-state index contributed by atoms with van der Waals surface area (Å²) in [6.45, 7) is 16.6. The first-order chi connectivity index (χ1) is 17.2. The van der Waals surface area contributed by atoms with Crippen LogP contribution in [0.5, 0.6) is 0 Å². The fourth-order valence-corrected chi connectivity index (χ4v) is 4.73. The average molecular weight is 554 g/mol. The van der Waals surface area contributed by atoms with Gasteiger partial charge in [-0.2, -0.15) is 0 Å². The smallest absolute Gasteiger partial charge is 0.0721 e.